The number of nitrogens with zero attached hydrogens (tertiary/aromatic N) is 2. The summed E-state index contributed by atoms with van der Waals surface area (Å²) in [6, 6.07) is 16.9. The zero-order chi connectivity index (χ0) is 21.9. The monoisotopic (exact) mass is 418 g/mol. The number of rotatable bonds is 5. The minimum atomic E-state index is 0.623. The summed E-state index contributed by atoms with van der Waals surface area (Å²) in [5, 5.41) is 0. The van der Waals surface area contributed by atoms with Crippen molar-refractivity contribution in [2.45, 2.75) is 39.0 Å². The summed E-state index contributed by atoms with van der Waals surface area (Å²) in [5.41, 5.74) is 4.32. The van der Waals surface area contributed by atoms with Gasteiger partial charge in [-0.25, -0.2) is 9.69 Å². The van der Waals surface area contributed by atoms with Crippen molar-refractivity contribution in [1.29, 1.82) is 0 Å². The van der Waals surface area contributed by atoms with Gasteiger partial charge in [0.15, 0.2) is 11.4 Å². The minimum Gasteiger partial charge on any atom is -0.238 e. The molecule has 0 aliphatic heterocycles. The standard InChI is InChI=1S/C28H22N2S/c1-4-5-6-7-8-24-21-27(19-13-22-9-15-25(29-2)16-10-22)31-28(24)20-14-23-11-17-26(30-3)18-12-23/h9-12,15-18,21H,4-8H2,1H3. The molecule has 31 heavy (non-hydrogen) atoms. The van der Waals surface area contributed by atoms with Crippen molar-refractivity contribution in [3.05, 3.63) is 104 Å². The fourth-order valence-electron chi connectivity index (χ4n) is 3.03. The Hall–Kier alpha value is -3.76. The molecule has 3 aromatic rings. The highest BCUT2D eigenvalue weighted by Crippen LogP contribution is 2.24. The van der Waals surface area contributed by atoms with Crippen molar-refractivity contribution in [3.63, 3.8) is 0 Å². The Morgan fingerprint density at radius 3 is 1.87 bits per heavy atom. The molecule has 0 amide bonds. The molecule has 0 aliphatic carbocycles. The van der Waals surface area contributed by atoms with Crippen LogP contribution in [0.1, 0.15) is 59.1 Å². The van der Waals surface area contributed by atoms with Crippen molar-refractivity contribution in [3.8, 4) is 23.7 Å². The van der Waals surface area contributed by atoms with Gasteiger partial charge in [0.1, 0.15) is 0 Å². The van der Waals surface area contributed by atoms with Gasteiger partial charge in [0.05, 0.1) is 22.9 Å². The van der Waals surface area contributed by atoms with Crippen molar-refractivity contribution < 1.29 is 0 Å². The Balaban J connectivity index is 1.83. The third kappa shape index (κ3) is 6.63. The van der Waals surface area contributed by atoms with Crippen LogP contribution in [0.25, 0.3) is 9.69 Å². The van der Waals surface area contributed by atoms with Crippen molar-refractivity contribution >= 4 is 22.7 Å². The Labute approximate surface area is 189 Å². The quantitative estimate of drug-likeness (QED) is 0.227. The van der Waals surface area contributed by atoms with Crippen LogP contribution in [0.4, 0.5) is 11.4 Å². The van der Waals surface area contributed by atoms with Gasteiger partial charge in [0.2, 0.25) is 0 Å². The molecular formula is C28H22N2S. The smallest absolute Gasteiger partial charge is 0.187 e. The summed E-state index contributed by atoms with van der Waals surface area (Å²) < 4.78 is 0. The highest BCUT2D eigenvalue weighted by molar-refractivity contribution is 7.13. The summed E-state index contributed by atoms with van der Waals surface area (Å²) in [6.07, 6.45) is 5.87. The molecule has 0 bridgehead atoms. The largest absolute Gasteiger partial charge is 0.238 e. The predicted molar refractivity (Wildman–Crippen MR) is 130 cm³/mol. The van der Waals surface area contributed by atoms with Gasteiger partial charge in [-0.1, -0.05) is 98.4 Å². The number of unbranched alkanes of at least 4 members (excludes halogenated alkanes) is 3. The summed E-state index contributed by atoms with van der Waals surface area (Å²) in [7, 11) is 0. The lowest BCUT2D eigenvalue weighted by molar-refractivity contribution is 0.667. The molecule has 0 fully saturated rings. The van der Waals surface area contributed by atoms with Crippen molar-refractivity contribution in [1.82, 2.24) is 0 Å². The number of thiophene rings is 1. The molecule has 1 heterocycles. The lowest BCUT2D eigenvalue weighted by Crippen LogP contribution is -1.86. The number of hydrogen-bond donors (Lipinski definition) is 0. The SMILES string of the molecule is [C-]#[N+]c1ccc(C#Cc2cc(CCCCCC)c(C#Cc3ccc([N+]#[C-])cc3)s2)cc1. The molecule has 0 aliphatic rings. The van der Waals surface area contributed by atoms with Gasteiger partial charge in [-0.05, 0) is 24.5 Å². The van der Waals surface area contributed by atoms with E-state index in [0.717, 1.165) is 33.7 Å². The van der Waals surface area contributed by atoms with Gasteiger partial charge in [-0.15, -0.1) is 11.3 Å². The third-order valence-electron chi connectivity index (χ3n) is 4.75. The second-order valence-electron chi connectivity index (χ2n) is 7.09. The van der Waals surface area contributed by atoms with E-state index in [4.69, 9.17) is 13.1 Å². The zero-order valence-electron chi connectivity index (χ0n) is 17.5. The molecule has 3 heteroatoms. The van der Waals surface area contributed by atoms with E-state index in [-0.39, 0.29) is 0 Å². The van der Waals surface area contributed by atoms with Crippen LogP contribution >= 0.6 is 11.3 Å². The van der Waals surface area contributed by atoms with Gasteiger partial charge in [-0.2, -0.15) is 0 Å². The Morgan fingerprint density at radius 2 is 1.32 bits per heavy atom. The molecule has 0 saturated heterocycles. The molecule has 0 radical (unpaired) electrons. The highest BCUT2D eigenvalue weighted by Gasteiger charge is 2.06. The van der Waals surface area contributed by atoms with Crippen LogP contribution in [0.2, 0.25) is 0 Å². The van der Waals surface area contributed by atoms with E-state index in [1.165, 1.54) is 24.8 Å². The molecule has 2 nitrogen and oxygen atoms in total. The van der Waals surface area contributed by atoms with Crippen LogP contribution in [-0.4, -0.2) is 0 Å². The lowest BCUT2D eigenvalue weighted by Gasteiger charge is -1.99. The van der Waals surface area contributed by atoms with Crippen molar-refractivity contribution in [2.24, 2.45) is 0 Å². The molecule has 150 valence electrons. The van der Waals surface area contributed by atoms with Gasteiger partial charge >= 0.3 is 0 Å². The molecule has 3 rings (SSSR count). The van der Waals surface area contributed by atoms with Crippen LogP contribution < -0.4 is 0 Å². The van der Waals surface area contributed by atoms with Gasteiger partial charge in [0.25, 0.3) is 0 Å². The summed E-state index contributed by atoms with van der Waals surface area (Å²) in [5.74, 6) is 13.0. The lowest BCUT2D eigenvalue weighted by atomic mass is 10.1. The summed E-state index contributed by atoms with van der Waals surface area (Å²) in [4.78, 5) is 8.92. The molecule has 0 unspecified atom stereocenters. The molecule has 0 N–H and O–H groups in total. The van der Waals surface area contributed by atoms with Gasteiger partial charge in [0, 0.05) is 11.1 Å². The van der Waals surface area contributed by atoms with E-state index >= 15 is 0 Å². The molecule has 0 saturated carbocycles. The van der Waals surface area contributed by atoms with Crippen LogP contribution in [-0.2, 0) is 6.42 Å². The summed E-state index contributed by atoms with van der Waals surface area (Å²) in [6.45, 7) is 16.3. The second kappa shape index (κ2) is 11.4. The first-order valence-corrected chi connectivity index (χ1v) is 11.1. The average molecular weight is 419 g/mol. The first-order valence-electron chi connectivity index (χ1n) is 10.3. The summed E-state index contributed by atoms with van der Waals surface area (Å²) >= 11 is 1.63. The Bertz CT molecular complexity index is 1230. The molecular weight excluding hydrogens is 396 g/mol. The first-order chi connectivity index (χ1) is 15.2. The maximum Gasteiger partial charge on any atom is 0.187 e. The number of hydrogen-bond acceptors (Lipinski definition) is 1. The van der Waals surface area contributed by atoms with E-state index in [9.17, 15) is 0 Å². The van der Waals surface area contributed by atoms with E-state index in [2.05, 4.69) is 46.4 Å². The maximum atomic E-state index is 7.06. The Kier molecular flexibility index (Phi) is 8.09. The normalized spacial score (nSPS) is 9.52. The van der Waals surface area contributed by atoms with Crippen molar-refractivity contribution in [2.75, 3.05) is 0 Å². The van der Waals surface area contributed by atoms with Gasteiger partial charge < -0.3 is 0 Å². The van der Waals surface area contributed by atoms with Crippen LogP contribution in [0.15, 0.2) is 54.6 Å². The highest BCUT2D eigenvalue weighted by atomic mass is 32.1. The fourth-order valence-corrected chi connectivity index (χ4v) is 3.94. The predicted octanol–water partition coefficient (Wildman–Crippen LogP) is 7.77. The molecule has 1 aromatic heterocycles. The van der Waals surface area contributed by atoms with E-state index in [1.54, 1.807) is 35.6 Å². The molecule has 0 spiro atoms. The topological polar surface area (TPSA) is 8.72 Å². The molecule has 0 atom stereocenters. The third-order valence-corrected chi connectivity index (χ3v) is 5.76. The van der Waals surface area contributed by atoms with Crippen LogP contribution in [0, 0.1) is 36.8 Å². The van der Waals surface area contributed by atoms with E-state index in [1.807, 2.05) is 24.3 Å². The molecule has 2 aromatic carbocycles. The first kappa shape index (κ1) is 21.9. The average Bonchev–Trinajstić information content (AvgIpc) is 3.21. The minimum absolute atomic E-state index is 0.623. The van der Waals surface area contributed by atoms with Gasteiger partial charge in [-0.3, -0.25) is 0 Å². The van der Waals surface area contributed by atoms with E-state index in [0.29, 0.717) is 11.4 Å². The van der Waals surface area contributed by atoms with E-state index < -0.39 is 0 Å². The number of benzene rings is 2. The zero-order valence-corrected chi connectivity index (χ0v) is 18.4. The Morgan fingerprint density at radius 1 is 0.742 bits per heavy atom. The second-order valence-corrected chi connectivity index (χ2v) is 8.15. The van der Waals surface area contributed by atoms with Crippen LogP contribution in [0.5, 0.6) is 0 Å². The maximum absolute atomic E-state index is 7.06. The number of aryl methyl sites for hydroxylation is 1. The fraction of sp³-hybridized carbons (Fsp3) is 0.214. The van der Waals surface area contributed by atoms with Crippen LogP contribution in [0.3, 0.4) is 0 Å².